The van der Waals surface area contributed by atoms with E-state index in [-0.39, 0.29) is 5.91 Å². The third-order valence-electron chi connectivity index (χ3n) is 3.08. The summed E-state index contributed by atoms with van der Waals surface area (Å²) in [5.41, 5.74) is 2.81. The molecule has 0 aliphatic rings. The second-order valence-corrected chi connectivity index (χ2v) is 5.19. The molecule has 2 rings (SSSR count). The first kappa shape index (κ1) is 15.4. The molecule has 0 unspecified atom stereocenters. The van der Waals surface area contributed by atoms with Crippen molar-refractivity contribution < 1.29 is 9.53 Å². The van der Waals surface area contributed by atoms with Crippen molar-refractivity contribution in [3.63, 3.8) is 0 Å². The molecule has 3 nitrogen and oxygen atoms in total. The number of hydrogen-bond donors (Lipinski definition) is 2. The van der Waals surface area contributed by atoms with Gasteiger partial charge >= 0.3 is 0 Å². The molecule has 1 amide bonds. The zero-order valence-electron chi connectivity index (χ0n) is 12.0. The molecule has 110 valence electrons. The third-order valence-corrected chi connectivity index (χ3v) is 3.30. The molecule has 0 spiro atoms. The van der Waals surface area contributed by atoms with Gasteiger partial charge in [-0.2, -0.15) is 12.6 Å². The second-order valence-electron chi connectivity index (χ2n) is 4.74. The average molecular weight is 301 g/mol. The lowest BCUT2D eigenvalue weighted by Gasteiger charge is -2.14. The van der Waals surface area contributed by atoms with Gasteiger partial charge in [-0.3, -0.25) is 4.79 Å². The van der Waals surface area contributed by atoms with E-state index < -0.39 is 0 Å². The van der Waals surface area contributed by atoms with Crippen LogP contribution in [0.15, 0.2) is 48.5 Å². The van der Waals surface area contributed by atoms with Crippen molar-refractivity contribution in [2.75, 3.05) is 11.1 Å². The summed E-state index contributed by atoms with van der Waals surface area (Å²) in [7, 11) is 0. The molecule has 0 saturated carbocycles. The highest BCUT2D eigenvalue weighted by Crippen LogP contribution is 2.29. The Morgan fingerprint density at radius 2 is 1.90 bits per heavy atom. The van der Waals surface area contributed by atoms with Crippen LogP contribution in [0.3, 0.4) is 0 Å². The van der Waals surface area contributed by atoms with Gasteiger partial charge in [0.1, 0.15) is 12.4 Å². The highest BCUT2D eigenvalue weighted by molar-refractivity contribution is 7.80. The van der Waals surface area contributed by atoms with Gasteiger partial charge in [0.2, 0.25) is 5.91 Å². The van der Waals surface area contributed by atoms with E-state index in [2.05, 4.69) is 17.9 Å². The van der Waals surface area contributed by atoms with Crippen LogP contribution < -0.4 is 10.1 Å². The average Bonchev–Trinajstić information content (AvgIpc) is 2.49. The molecule has 0 bridgehead atoms. The molecule has 4 heteroatoms. The third kappa shape index (κ3) is 4.53. The lowest BCUT2D eigenvalue weighted by atomic mass is 10.1. The van der Waals surface area contributed by atoms with Gasteiger partial charge in [0, 0.05) is 6.42 Å². The van der Waals surface area contributed by atoms with E-state index in [0.29, 0.717) is 24.5 Å². The molecule has 2 aromatic rings. The van der Waals surface area contributed by atoms with E-state index in [0.717, 1.165) is 16.8 Å². The number of ether oxygens (including phenoxy) is 1. The zero-order valence-corrected chi connectivity index (χ0v) is 12.9. The van der Waals surface area contributed by atoms with E-state index in [1.54, 1.807) is 0 Å². The normalized spacial score (nSPS) is 10.2. The summed E-state index contributed by atoms with van der Waals surface area (Å²) in [6.07, 6.45) is 0.384. The van der Waals surface area contributed by atoms with Crippen LogP contribution in [0, 0.1) is 6.92 Å². The SMILES string of the molecule is Cc1cccc(OCc2ccccc2)c1NC(=O)CCS. The van der Waals surface area contributed by atoms with Crippen LogP contribution in [0.4, 0.5) is 5.69 Å². The monoisotopic (exact) mass is 301 g/mol. The minimum absolute atomic E-state index is 0.0520. The first-order valence-electron chi connectivity index (χ1n) is 6.87. The number of carbonyl (C=O) groups is 1. The van der Waals surface area contributed by atoms with Gasteiger partial charge in [-0.15, -0.1) is 0 Å². The lowest BCUT2D eigenvalue weighted by molar-refractivity contribution is -0.115. The number of aryl methyl sites for hydroxylation is 1. The van der Waals surface area contributed by atoms with Crippen LogP contribution in [-0.4, -0.2) is 11.7 Å². The number of amides is 1. The van der Waals surface area contributed by atoms with Crippen LogP contribution in [-0.2, 0) is 11.4 Å². The van der Waals surface area contributed by atoms with E-state index in [9.17, 15) is 4.79 Å². The number of anilines is 1. The van der Waals surface area contributed by atoms with Gasteiger partial charge < -0.3 is 10.1 Å². The van der Waals surface area contributed by atoms with Crippen molar-refractivity contribution >= 4 is 24.2 Å². The summed E-state index contributed by atoms with van der Waals surface area (Å²) >= 11 is 4.08. The van der Waals surface area contributed by atoms with Gasteiger partial charge in [0.25, 0.3) is 0 Å². The number of hydrogen-bond acceptors (Lipinski definition) is 3. The van der Waals surface area contributed by atoms with Crippen molar-refractivity contribution in [2.45, 2.75) is 20.0 Å². The van der Waals surface area contributed by atoms with Crippen molar-refractivity contribution in [3.05, 3.63) is 59.7 Å². The number of para-hydroxylation sites is 1. The maximum absolute atomic E-state index is 11.8. The number of carbonyl (C=O) groups excluding carboxylic acids is 1. The van der Waals surface area contributed by atoms with Gasteiger partial charge in [-0.05, 0) is 29.9 Å². The molecular formula is C17H19NO2S. The lowest BCUT2D eigenvalue weighted by Crippen LogP contribution is -2.13. The number of nitrogens with one attached hydrogen (secondary N) is 1. The summed E-state index contributed by atoms with van der Waals surface area (Å²) in [6, 6.07) is 15.7. The van der Waals surface area contributed by atoms with Crippen molar-refractivity contribution in [1.82, 2.24) is 0 Å². The van der Waals surface area contributed by atoms with Gasteiger partial charge in [-0.25, -0.2) is 0 Å². The molecule has 0 atom stereocenters. The minimum Gasteiger partial charge on any atom is -0.487 e. The summed E-state index contributed by atoms with van der Waals surface area (Å²) in [5.74, 6) is 1.16. The molecule has 0 heterocycles. The largest absolute Gasteiger partial charge is 0.487 e. The van der Waals surface area contributed by atoms with E-state index in [1.165, 1.54) is 0 Å². The van der Waals surface area contributed by atoms with Crippen LogP contribution in [0.25, 0.3) is 0 Å². The topological polar surface area (TPSA) is 38.3 Å². The van der Waals surface area contributed by atoms with E-state index in [4.69, 9.17) is 4.74 Å². The number of rotatable bonds is 6. The highest BCUT2D eigenvalue weighted by Gasteiger charge is 2.10. The van der Waals surface area contributed by atoms with Gasteiger partial charge in [-0.1, -0.05) is 42.5 Å². The molecule has 0 radical (unpaired) electrons. The summed E-state index contributed by atoms with van der Waals surface area (Å²) in [4.78, 5) is 11.8. The predicted molar refractivity (Wildman–Crippen MR) is 89.1 cm³/mol. The fourth-order valence-corrected chi connectivity index (χ4v) is 2.16. The predicted octanol–water partition coefficient (Wildman–Crippen LogP) is 3.83. The van der Waals surface area contributed by atoms with Gasteiger partial charge in [0.05, 0.1) is 5.69 Å². The Morgan fingerprint density at radius 3 is 2.62 bits per heavy atom. The summed E-state index contributed by atoms with van der Waals surface area (Å²) in [6.45, 7) is 2.42. The van der Waals surface area contributed by atoms with Crippen LogP contribution >= 0.6 is 12.6 Å². The molecule has 0 aliphatic heterocycles. The molecule has 0 aliphatic carbocycles. The Morgan fingerprint density at radius 1 is 1.14 bits per heavy atom. The molecule has 0 fully saturated rings. The van der Waals surface area contributed by atoms with Crippen molar-refractivity contribution in [3.8, 4) is 5.75 Å². The molecule has 0 aromatic heterocycles. The number of thiol groups is 1. The molecule has 1 N–H and O–H groups in total. The second kappa shape index (κ2) is 7.74. The Balaban J connectivity index is 2.11. The fraction of sp³-hybridized carbons (Fsp3) is 0.235. The quantitative estimate of drug-likeness (QED) is 0.796. The first-order valence-corrected chi connectivity index (χ1v) is 7.51. The highest BCUT2D eigenvalue weighted by atomic mass is 32.1. The van der Waals surface area contributed by atoms with Crippen LogP contribution in [0.5, 0.6) is 5.75 Å². The van der Waals surface area contributed by atoms with Gasteiger partial charge in [0.15, 0.2) is 0 Å². The number of benzene rings is 2. The van der Waals surface area contributed by atoms with Crippen LogP contribution in [0.2, 0.25) is 0 Å². The van der Waals surface area contributed by atoms with Crippen molar-refractivity contribution in [2.24, 2.45) is 0 Å². The first-order chi connectivity index (χ1) is 10.2. The smallest absolute Gasteiger partial charge is 0.225 e. The Labute approximate surface area is 130 Å². The molecular weight excluding hydrogens is 282 g/mol. The maximum Gasteiger partial charge on any atom is 0.225 e. The zero-order chi connectivity index (χ0) is 15.1. The minimum atomic E-state index is -0.0520. The van der Waals surface area contributed by atoms with E-state index in [1.807, 2.05) is 55.5 Å². The Bertz CT molecular complexity index is 599. The fourth-order valence-electron chi connectivity index (χ4n) is 1.96. The summed E-state index contributed by atoms with van der Waals surface area (Å²) < 4.78 is 5.85. The Hall–Kier alpha value is -1.94. The standard InChI is InChI=1S/C17H19NO2S/c1-13-6-5-9-15(17(13)18-16(19)10-11-21)20-12-14-7-3-2-4-8-14/h2-9,21H,10-12H2,1H3,(H,18,19). The Kier molecular flexibility index (Phi) is 5.69. The molecule has 0 saturated heterocycles. The molecule has 21 heavy (non-hydrogen) atoms. The van der Waals surface area contributed by atoms with E-state index >= 15 is 0 Å². The maximum atomic E-state index is 11.8. The van der Waals surface area contributed by atoms with Crippen LogP contribution in [0.1, 0.15) is 17.5 Å². The molecule has 2 aromatic carbocycles. The summed E-state index contributed by atoms with van der Waals surface area (Å²) in [5, 5.41) is 2.90. The van der Waals surface area contributed by atoms with Crippen molar-refractivity contribution in [1.29, 1.82) is 0 Å².